The highest BCUT2D eigenvalue weighted by atomic mass is 35.5. The van der Waals surface area contributed by atoms with Crippen molar-refractivity contribution in [1.29, 1.82) is 0 Å². The van der Waals surface area contributed by atoms with Crippen LogP contribution in [0.3, 0.4) is 0 Å². The van der Waals surface area contributed by atoms with Crippen molar-refractivity contribution in [2.75, 3.05) is 5.75 Å². The second kappa shape index (κ2) is 7.69. The smallest absolute Gasteiger partial charge is 0.230 e. The Morgan fingerprint density at radius 1 is 1.19 bits per heavy atom. The van der Waals surface area contributed by atoms with Gasteiger partial charge in [-0.1, -0.05) is 41.4 Å². The van der Waals surface area contributed by atoms with Crippen LogP contribution in [-0.2, 0) is 11.3 Å². The molecule has 0 aliphatic carbocycles. The number of nitrogens with one attached hydrogen (secondary N) is 1. The van der Waals surface area contributed by atoms with E-state index in [2.05, 4.69) is 5.32 Å². The molecule has 0 aliphatic rings. The van der Waals surface area contributed by atoms with Gasteiger partial charge in [0.15, 0.2) is 0 Å². The Hall–Kier alpha value is -1.23. The summed E-state index contributed by atoms with van der Waals surface area (Å²) in [6.45, 7) is 0.162. The lowest BCUT2D eigenvalue weighted by Gasteiger charge is -2.07. The van der Waals surface area contributed by atoms with Crippen molar-refractivity contribution in [3.05, 3.63) is 63.9 Å². The van der Waals surface area contributed by atoms with E-state index in [0.29, 0.717) is 15.6 Å². The second-order valence-corrected chi connectivity index (χ2v) is 6.09. The summed E-state index contributed by atoms with van der Waals surface area (Å²) in [5, 5.41) is 3.78. The molecule has 2 nitrogen and oxygen atoms in total. The monoisotopic (exact) mass is 343 g/mol. The minimum Gasteiger partial charge on any atom is -0.351 e. The van der Waals surface area contributed by atoms with E-state index in [9.17, 15) is 9.18 Å². The zero-order valence-electron chi connectivity index (χ0n) is 10.9. The molecule has 21 heavy (non-hydrogen) atoms. The third-order valence-corrected chi connectivity index (χ3v) is 4.42. The molecular formula is C15H12Cl2FNOS. The predicted molar refractivity (Wildman–Crippen MR) is 85.4 cm³/mol. The van der Waals surface area contributed by atoms with Gasteiger partial charge in [-0.15, -0.1) is 11.8 Å². The molecule has 0 unspecified atom stereocenters. The van der Waals surface area contributed by atoms with Crippen molar-refractivity contribution >= 4 is 40.9 Å². The Bertz CT molecular complexity index is 651. The lowest BCUT2D eigenvalue weighted by molar-refractivity contribution is -0.118. The SMILES string of the molecule is O=C(CSc1cc(Cl)ccc1Cl)NCc1ccccc1F. The van der Waals surface area contributed by atoms with Crippen LogP contribution in [0.15, 0.2) is 47.4 Å². The molecule has 0 aromatic heterocycles. The Kier molecular flexibility index (Phi) is 5.91. The highest BCUT2D eigenvalue weighted by Gasteiger charge is 2.08. The molecule has 0 atom stereocenters. The fourth-order valence-corrected chi connectivity index (χ4v) is 2.94. The number of hydrogen-bond donors (Lipinski definition) is 1. The third-order valence-electron chi connectivity index (χ3n) is 2.69. The van der Waals surface area contributed by atoms with Crippen molar-refractivity contribution in [2.24, 2.45) is 0 Å². The summed E-state index contributed by atoms with van der Waals surface area (Å²) in [5.41, 5.74) is 0.455. The molecule has 1 amide bonds. The first-order valence-corrected chi connectivity index (χ1v) is 7.88. The summed E-state index contributed by atoms with van der Waals surface area (Å²) in [4.78, 5) is 12.5. The van der Waals surface area contributed by atoms with E-state index in [4.69, 9.17) is 23.2 Å². The first kappa shape index (κ1) is 16.1. The molecule has 2 aromatic carbocycles. The number of thioether (sulfide) groups is 1. The van der Waals surface area contributed by atoms with Gasteiger partial charge in [-0.05, 0) is 24.3 Å². The molecule has 0 saturated carbocycles. The van der Waals surface area contributed by atoms with Crippen LogP contribution in [-0.4, -0.2) is 11.7 Å². The molecule has 2 rings (SSSR count). The van der Waals surface area contributed by atoms with E-state index in [0.717, 1.165) is 4.90 Å². The van der Waals surface area contributed by atoms with Crippen molar-refractivity contribution < 1.29 is 9.18 Å². The molecule has 0 spiro atoms. The number of carbonyl (C=O) groups excluding carboxylic acids is 1. The minimum absolute atomic E-state index is 0.162. The van der Waals surface area contributed by atoms with E-state index in [1.807, 2.05) is 0 Å². The molecular weight excluding hydrogens is 332 g/mol. The molecule has 0 bridgehead atoms. The molecule has 0 heterocycles. The summed E-state index contributed by atoms with van der Waals surface area (Å²) in [6.07, 6.45) is 0. The van der Waals surface area contributed by atoms with Crippen molar-refractivity contribution in [3.63, 3.8) is 0 Å². The summed E-state index contributed by atoms with van der Waals surface area (Å²) in [6, 6.07) is 11.4. The fraction of sp³-hybridized carbons (Fsp3) is 0.133. The average molecular weight is 344 g/mol. The van der Waals surface area contributed by atoms with Gasteiger partial charge in [-0.2, -0.15) is 0 Å². The summed E-state index contributed by atoms with van der Waals surface area (Å²) < 4.78 is 13.4. The summed E-state index contributed by atoms with van der Waals surface area (Å²) in [5.74, 6) is -0.336. The van der Waals surface area contributed by atoms with Crippen LogP contribution >= 0.6 is 35.0 Å². The van der Waals surface area contributed by atoms with E-state index in [-0.39, 0.29) is 24.0 Å². The lowest BCUT2D eigenvalue weighted by atomic mass is 10.2. The van der Waals surface area contributed by atoms with Gasteiger partial charge in [0.1, 0.15) is 5.82 Å². The molecule has 0 saturated heterocycles. The topological polar surface area (TPSA) is 29.1 Å². The van der Waals surface area contributed by atoms with E-state index < -0.39 is 0 Å². The van der Waals surface area contributed by atoms with Crippen molar-refractivity contribution in [3.8, 4) is 0 Å². The van der Waals surface area contributed by atoms with E-state index >= 15 is 0 Å². The van der Waals surface area contributed by atoms with Gasteiger partial charge in [-0.3, -0.25) is 4.79 Å². The minimum atomic E-state index is -0.330. The zero-order chi connectivity index (χ0) is 15.2. The van der Waals surface area contributed by atoms with Crippen molar-refractivity contribution in [1.82, 2.24) is 5.32 Å². The van der Waals surface area contributed by atoms with Crippen LogP contribution in [0, 0.1) is 5.82 Å². The fourth-order valence-electron chi connectivity index (χ4n) is 1.62. The number of rotatable bonds is 5. The molecule has 0 radical (unpaired) electrons. The van der Waals surface area contributed by atoms with Gasteiger partial charge < -0.3 is 5.32 Å². The van der Waals surface area contributed by atoms with Gasteiger partial charge in [0.25, 0.3) is 0 Å². The molecule has 0 aliphatic heterocycles. The van der Waals surface area contributed by atoms with Gasteiger partial charge in [0.05, 0.1) is 10.8 Å². The maximum atomic E-state index is 13.4. The largest absolute Gasteiger partial charge is 0.351 e. The van der Waals surface area contributed by atoms with Crippen LogP contribution in [0.5, 0.6) is 0 Å². The Balaban J connectivity index is 1.85. The molecule has 110 valence electrons. The van der Waals surface area contributed by atoms with Gasteiger partial charge in [0.2, 0.25) is 5.91 Å². The average Bonchev–Trinajstić information content (AvgIpc) is 2.47. The standard InChI is InChI=1S/C15H12Cl2FNOS/c16-11-5-6-12(17)14(7-11)21-9-15(20)19-8-10-3-1-2-4-13(10)18/h1-7H,8-9H2,(H,19,20). The molecule has 0 fully saturated rings. The Morgan fingerprint density at radius 3 is 2.71 bits per heavy atom. The quantitative estimate of drug-likeness (QED) is 0.807. The van der Waals surface area contributed by atoms with Crippen LogP contribution in [0.25, 0.3) is 0 Å². The second-order valence-electron chi connectivity index (χ2n) is 4.23. The Morgan fingerprint density at radius 2 is 1.95 bits per heavy atom. The first-order valence-electron chi connectivity index (χ1n) is 6.14. The summed E-state index contributed by atoms with van der Waals surface area (Å²) >= 11 is 13.2. The zero-order valence-corrected chi connectivity index (χ0v) is 13.2. The van der Waals surface area contributed by atoms with Gasteiger partial charge in [0, 0.05) is 22.0 Å². The van der Waals surface area contributed by atoms with Gasteiger partial charge in [-0.25, -0.2) is 4.39 Å². The highest BCUT2D eigenvalue weighted by molar-refractivity contribution is 8.00. The number of carbonyl (C=O) groups is 1. The number of hydrogen-bond acceptors (Lipinski definition) is 2. The third kappa shape index (κ3) is 4.92. The van der Waals surface area contributed by atoms with E-state index in [1.54, 1.807) is 36.4 Å². The Labute approximate surface area is 136 Å². The number of halogens is 3. The molecule has 1 N–H and O–H groups in total. The number of benzene rings is 2. The van der Waals surface area contributed by atoms with Crippen LogP contribution in [0.4, 0.5) is 4.39 Å². The first-order chi connectivity index (χ1) is 10.1. The van der Waals surface area contributed by atoms with Crippen LogP contribution in [0.2, 0.25) is 10.0 Å². The predicted octanol–water partition coefficient (Wildman–Crippen LogP) is 4.54. The normalized spacial score (nSPS) is 10.4. The highest BCUT2D eigenvalue weighted by Crippen LogP contribution is 2.29. The van der Waals surface area contributed by atoms with Crippen LogP contribution in [0.1, 0.15) is 5.56 Å². The molecule has 6 heteroatoms. The maximum absolute atomic E-state index is 13.4. The van der Waals surface area contributed by atoms with Crippen LogP contribution < -0.4 is 5.32 Å². The number of amides is 1. The van der Waals surface area contributed by atoms with E-state index in [1.165, 1.54) is 17.8 Å². The summed E-state index contributed by atoms with van der Waals surface area (Å²) in [7, 11) is 0. The maximum Gasteiger partial charge on any atom is 0.230 e. The lowest BCUT2D eigenvalue weighted by Crippen LogP contribution is -2.25. The van der Waals surface area contributed by atoms with Gasteiger partial charge >= 0.3 is 0 Å². The van der Waals surface area contributed by atoms with Crippen molar-refractivity contribution in [2.45, 2.75) is 11.4 Å². The molecule has 2 aromatic rings.